The highest BCUT2D eigenvalue weighted by atomic mass is 16.5. The Morgan fingerprint density at radius 1 is 0.944 bits per heavy atom. The lowest BCUT2D eigenvalue weighted by molar-refractivity contribution is -0.0778. The van der Waals surface area contributed by atoms with E-state index in [0.29, 0.717) is 25.7 Å². The van der Waals surface area contributed by atoms with E-state index in [1.165, 1.54) is 11.1 Å². The van der Waals surface area contributed by atoms with Crippen molar-refractivity contribution in [3.8, 4) is 5.75 Å². The minimum absolute atomic E-state index is 0.0156. The smallest absolute Gasteiger partial charge is 0.254 e. The van der Waals surface area contributed by atoms with E-state index in [-0.39, 0.29) is 12.0 Å². The van der Waals surface area contributed by atoms with Crippen LogP contribution in [0.3, 0.4) is 0 Å². The van der Waals surface area contributed by atoms with E-state index in [0.717, 1.165) is 82.0 Å². The zero-order valence-corrected chi connectivity index (χ0v) is 21.0. The fourth-order valence-corrected chi connectivity index (χ4v) is 6.07. The molecule has 1 N–H and O–H groups in total. The minimum Gasteiger partial charge on any atom is -0.490 e. The molecule has 7 nitrogen and oxygen atoms in total. The van der Waals surface area contributed by atoms with Crippen LogP contribution in [-0.2, 0) is 24.1 Å². The molecule has 0 spiro atoms. The van der Waals surface area contributed by atoms with Gasteiger partial charge in [0.15, 0.2) is 0 Å². The van der Waals surface area contributed by atoms with Gasteiger partial charge in [-0.1, -0.05) is 24.3 Å². The molecule has 0 aliphatic carbocycles. The van der Waals surface area contributed by atoms with Crippen LogP contribution in [0.25, 0.3) is 0 Å². The van der Waals surface area contributed by atoms with Gasteiger partial charge in [-0.25, -0.2) is 0 Å². The number of hydrogen-bond donors (Lipinski definition) is 1. The van der Waals surface area contributed by atoms with Gasteiger partial charge in [0.2, 0.25) is 0 Å². The Balaban J connectivity index is 1.01. The quantitative estimate of drug-likeness (QED) is 0.642. The first kappa shape index (κ1) is 23.9. The molecular weight excluding hydrogens is 454 g/mol. The van der Waals surface area contributed by atoms with E-state index in [2.05, 4.69) is 40.1 Å². The second-order valence-corrected chi connectivity index (χ2v) is 10.8. The van der Waals surface area contributed by atoms with Crippen LogP contribution in [0.15, 0.2) is 42.5 Å². The lowest BCUT2D eigenvalue weighted by atomic mass is 9.97. The molecule has 0 aromatic heterocycles. The number of carbonyl (C=O) groups excluding carboxylic acids is 1. The Morgan fingerprint density at radius 3 is 2.50 bits per heavy atom. The monoisotopic (exact) mass is 491 g/mol. The SMILES string of the molecule is O=C1c2ccc(OC3CCN(C4COC4)CC3)cc2CCN1C[C@H](O)CN1CCc2ccccc2C1. The standard InChI is InChI=1S/C29H37N3O4/c33-25(17-30-11-7-21-3-1-2-4-23(21)16-30)18-32-12-8-22-15-27(5-6-28(22)29(32)34)36-26-9-13-31(14-10-26)24-19-35-20-24/h1-6,15,24-26,33H,7-14,16-20H2/t25-/m1/s1. The average molecular weight is 492 g/mol. The van der Waals surface area contributed by atoms with Gasteiger partial charge >= 0.3 is 0 Å². The molecule has 4 aliphatic rings. The van der Waals surface area contributed by atoms with Crippen LogP contribution in [0.1, 0.15) is 39.9 Å². The molecular formula is C29H37N3O4. The highest BCUT2D eigenvalue weighted by Crippen LogP contribution is 2.27. The number of carbonyl (C=O) groups is 1. The summed E-state index contributed by atoms with van der Waals surface area (Å²) in [7, 11) is 0. The van der Waals surface area contributed by atoms with Crippen LogP contribution >= 0.6 is 0 Å². The molecule has 2 aromatic carbocycles. The van der Waals surface area contributed by atoms with E-state index in [1.807, 2.05) is 17.0 Å². The topological polar surface area (TPSA) is 65.5 Å². The molecule has 192 valence electrons. The molecule has 0 saturated carbocycles. The third-order valence-electron chi connectivity index (χ3n) is 8.27. The number of aliphatic hydroxyl groups excluding tert-OH is 1. The maximum absolute atomic E-state index is 13.2. The molecule has 0 radical (unpaired) electrons. The molecule has 1 atom stereocenters. The van der Waals surface area contributed by atoms with Gasteiger partial charge in [0, 0.05) is 51.4 Å². The van der Waals surface area contributed by atoms with Crippen molar-refractivity contribution in [3.05, 3.63) is 64.7 Å². The maximum atomic E-state index is 13.2. The molecule has 1 amide bonds. The lowest BCUT2D eigenvalue weighted by Crippen LogP contribution is -2.52. The molecule has 36 heavy (non-hydrogen) atoms. The number of likely N-dealkylation sites (tertiary alicyclic amines) is 1. The number of piperidine rings is 1. The largest absolute Gasteiger partial charge is 0.490 e. The fraction of sp³-hybridized carbons (Fsp3) is 0.552. The van der Waals surface area contributed by atoms with Crippen LogP contribution in [0.4, 0.5) is 0 Å². The van der Waals surface area contributed by atoms with Crippen LogP contribution < -0.4 is 4.74 Å². The molecule has 0 bridgehead atoms. The van der Waals surface area contributed by atoms with Gasteiger partial charge in [-0.15, -0.1) is 0 Å². The van der Waals surface area contributed by atoms with Gasteiger partial charge < -0.3 is 19.5 Å². The number of amides is 1. The predicted molar refractivity (Wildman–Crippen MR) is 137 cm³/mol. The first-order chi connectivity index (χ1) is 17.6. The van der Waals surface area contributed by atoms with E-state index in [4.69, 9.17) is 9.47 Å². The number of ether oxygens (including phenoxy) is 2. The van der Waals surface area contributed by atoms with Crippen molar-refractivity contribution in [2.24, 2.45) is 0 Å². The Labute approximate surface area is 213 Å². The van der Waals surface area contributed by atoms with Crippen LogP contribution in [-0.4, -0.2) is 96.4 Å². The Morgan fingerprint density at radius 2 is 1.72 bits per heavy atom. The van der Waals surface area contributed by atoms with E-state index in [9.17, 15) is 9.90 Å². The van der Waals surface area contributed by atoms with Crippen molar-refractivity contribution < 1.29 is 19.4 Å². The molecule has 7 heteroatoms. The van der Waals surface area contributed by atoms with Crippen molar-refractivity contribution in [3.63, 3.8) is 0 Å². The Kier molecular flexibility index (Phi) is 6.98. The number of fused-ring (bicyclic) bond motifs is 2. The zero-order valence-electron chi connectivity index (χ0n) is 21.0. The van der Waals surface area contributed by atoms with Gasteiger partial charge in [-0.2, -0.15) is 0 Å². The van der Waals surface area contributed by atoms with Crippen molar-refractivity contribution in [2.75, 3.05) is 52.5 Å². The van der Waals surface area contributed by atoms with E-state index < -0.39 is 6.10 Å². The summed E-state index contributed by atoms with van der Waals surface area (Å²) < 4.78 is 11.6. The fourth-order valence-electron chi connectivity index (χ4n) is 6.07. The summed E-state index contributed by atoms with van der Waals surface area (Å²) in [5.74, 6) is 0.882. The molecule has 2 saturated heterocycles. The summed E-state index contributed by atoms with van der Waals surface area (Å²) in [6.45, 7) is 7.26. The van der Waals surface area contributed by atoms with Gasteiger partial charge in [-0.05, 0) is 60.6 Å². The van der Waals surface area contributed by atoms with Crippen LogP contribution in [0.2, 0.25) is 0 Å². The second kappa shape index (κ2) is 10.5. The zero-order chi connectivity index (χ0) is 24.5. The third-order valence-corrected chi connectivity index (χ3v) is 8.27. The Hall–Kier alpha value is -2.45. The normalized spacial score (nSPS) is 22.6. The third kappa shape index (κ3) is 5.16. The van der Waals surface area contributed by atoms with E-state index >= 15 is 0 Å². The highest BCUT2D eigenvalue weighted by Gasteiger charge is 2.31. The highest BCUT2D eigenvalue weighted by molar-refractivity contribution is 5.97. The van der Waals surface area contributed by atoms with Crippen molar-refractivity contribution >= 4 is 5.91 Å². The van der Waals surface area contributed by atoms with Crippen molar-refractivity contribution in [1.82, 2.24) is 14.7 Å². The van der Waals surface area contributed by atoms with Gasteiger partial charge in [0.25, 0.3) is 5.91 Å². The molecule has 4 aliphatic heterocycles. The number of β-amino-alcohol motifs (C(OH)–C–C–N with tert-alkyl or cyclic N) is 1. The summed E-state index contributed by atoms with van der Waals surface area (Å²) in [6, 6.07) is 15.0. The number of rotatable bonds is 7. The van der Waals surface area contributed by atoms with Crippen molar-refractivity contribution in [1.29, 1.82) is 0 Å². The molecule has 2 fully saturated rings. The summed E-state index contributed by atoms with van der Waals surface area (Å²) in [5.41, 5.74) is 4.55. The number of nitrogens with zero attached hydrogens (tertiary/aromatic N) is 3. The second-order valence-electron chi connectivity index (χ2n) is 10.8. The molecule has 0 unspecified atom stereocenters. The van der Waals surface area contributed by atoms with Gasteiger partial charge in [-0.3, -0.25) is 14.6 Å². The number of aliphatic hydroxyl groups is 1. The maximum Gasteiger partial charge on any atom is 0.254 e. The molecule has 2 aromatic rings. The number of benzene rings is 2. The molecule has 6 rings (SSSR count). The van der Waals surface area contributed by atoms with Gasteiger partial charge in [0.1, 0.15) is 11.9 Å². The lowest BCUT2D eigenvalue weighted by Gasteiger charge is -2.41. The van der Waals surface area contributed by atoms with Crippen LogP contribution in [0.5, 0.6) is 5.75 Å². The Bertz CT molecular complexity index is 1080. The summed E-state index contributed by atoms with van der Waals surface area (Å²) in [6.07, 6.45) is 3.54. The predicted octanol–water partition coefficient (Wildman–Crippen LogP) is 2.35. The average Bonchev–Trinajstić information content (AvgIpc) is 2.86. The summed E-state index contributed by atoms with van der Waals surface area (Å²) in [4.78, 5) is 19.8. The van der Waals surface area contributed by atoms with E-state index in [1.54, 1.807) is 0 Å². The van der Waals surface area contributed by atoms with Gasteiger partial charge in [0.05, 0.1) is 25.4 Å². The first-order valence-corrected chi connectivity index (χ1v) is 13.5. The molecule has 4 heterocycles. The first-order valence-electron chi connectivity index (χ1n) is 13.5. The number of hydrogen-bond acceptors (Lipinski definition) is 6. The summed E-state index contributed by atoms with van der Waals surface area (Å²) >= 11 is 0. The summed E-state index contributed by atoms with van der Waals surface area (Å²) in [5, 5.41) is 10.8. The van der Waals surface area contributed by atoms with Crippen LogP contribution in [0, 0.1) is 0 Å². The van der Waals surface area contributed by atoms with Crippen molar-refractivity contribution in [2.45, 2.75) is 50.5 Å². The minimum atomic E-state index is -0.555.